The summed E-state index contributed by atoms with van der Waals surface area (Å²) < 4.78 is 44.4. The molecule has 0 aliphatic carbocycles. The van der Waals surface area contributed by atoms with Crippen LogP contribution in [0.3, 0.4) is 0 Å². The average Bonchev–Trinajstić information content (AvgIpc) is 2.37. The van der Waals surface area contributed by atoms with Gasteiger partial charge in [0.05, 0.1) is 0 Å². The molecule has 1 aromatic carbocycles. The molecule has 112 valence electrons. The van der Waals surface area contributed by atoms with Crippen LogP contribution >= 0.6 is 0 Å². The zero-order chi connectivity index (χ0) is 15.2. The van der Waals surface area contributed by atoms with Crippen molar-refractivity contribution in [2.45, 2.75) is 19.0 Å². The fraction of sp³-hybridized carbons (Fsp3) is 0.417. The first-order chi connectivity index (χ1) is 9.35. The van der Waals surface area contributed by atoms with Gasteiger partial charge in [0.1, 0.15) is 11.9 Å². The van der Waals surface area contributed by atoms with Crippen molar-refractivity contribution in [1.82, 2.24) is 5.32 Å². The van der Waals surface area contributed by atoms with Crippen molar-refractivity contribution in [3.63, 3.8) is 0 Å². The van der Waals surface area contributed by atoms with Crippen LogP contribution in [0.4, 0.5) is 13.2 Å². The van der Waals surface area contributed by atoms with Crippen molar-refractivity contribution in [3.05, 3.63) is 29.8 Å². The number of amides is 1. The van der Waals surface area contributed by atoms with E-state index in [1.165, 1.54) is 31.4 Å². The molecule has 0 radical (unpaired) electrons. The van der Waals surface area contributed by atoms with Gasteiger partial charge in [-0.3, -0.25) is 4.79 Å². The number of benzene rings is 1. The third-order valence-electron chi connectivity index (χ3n) is 2.41. The minimum absolute atomic E-state index is 0.0424. The van der Waals surface area contributed by atoms with Crippen LogP contribution in [0.2, 0.25) is 0 Å². The summed E-state index contributed by atoms with van der Waals surface area (Å²) in [6, 6.07) is 5.19. The molecule has 5 nitrogen and oxygen atoms in total. The van der Waals surface area contributed by atoms with Gasteiger partial charge in [0.25, 0.3) is 5.91 Å². The molecule has 0 bridgehead atoms. The molecule has 0 heterocycles. The number of methoxy groups -OCH3 is 1. The number of hydrogen-bond donors (Lipinski definition) is 2. The first-order valence-corrected chi connectivity index (χ1v) is 5.71. The molecule has 0 saturated carbocycles. The molecule has 0 spiro atoms. The average molecular weight is 292 g/mol. The van der Waals surface area contributed by atoms with E-state index < -0.39 is 12.5 Å². The van der Waals surface area contributed by atoms with Gasteiger partial charge < -0.3 is 20.5 Å². The quantitative estimate of drug-likeness (QED) is 0.825. The molecule has 1 aromatic rings. The Morgan fingerprint density at radius 3 is 2.40 bits per heavy atom. The van der Waals surface area contributed by atoms with Crippen molar-refractivity contribution in [3.8, 4) is 5.75 Å². The van der Waals surface area contributed by atoms with Crippen LogP contribution in [0.25, 0.3) is 0 Å². The van der Waals surface area contributed by atoms with Crippen LogP contribution in [0.1, 0.15) is 5.56 Å². The topological polar surface area (TPSA) is 73.6 Å². The number of nitrogens with one attached hydrogen (secondary N) is 1. The van der Waals surface area contributed by atoms with Crippen molar-refractivity contribution >= 4 is 5.91 Å². The van der Waals surface area contributed by atoms with E-state index in [0.29, 0.717) is 5.56 Å². The Kier molecular flexibility index (Phi) is 5.78. The molecule has 0 saturated heterocycles. The van der Waals surface area contributed by atoms with Crippen molar-refractivity contribution in [2.75, 3.05) is 13.7 Å². The Hall–Kier alpha value is -1.80. The zero-order valence-electron chi connectivity index (χ0n) is 10.7. The van der Waals surface area contributed by atoms with E-state index in [1.807, 2.05) is 0 Å². The highest BCUT2D eigenvalue weighted by Gasteiger charge is 2.30. The lowest BCUT2D eigenvalue weighted by Gasteiger charge is -2.13. The van der Waals surface area contributed by atoms with Crippen molar-refractivity contribution in [1.29, 1.82) is 0 Å². The number of alkyl halides is 3. The van der Waals surface area contributed by atoms with E-state index in [1.54, 1.807) is 0 Å². The van der Waals surface area contributed by atoms with Gasteiger partial charge in [-0.15, -0.1) is 13.2 Å². The number of carbonyl (C=O) groups is 1. The third kappa shape index (κ3) is 5.45. The molecule has 1 rings (SSSR count). The molecule has 20 heavy (non-hydrogen) atoms. The fourth-order valence-corrected chi connectivity index (χ4v) is 1.42. The molecule has 0 aromatic heterocycles. The minimum atomic E-state index is -4.72. The highest BCUT2D eigenvalue weighted by atomic mass is 19.4. The molecule has 1 unspecified atom stereocenters. The maximum atomic E-state index is 12.0. The number of halogens is 3. The van der Waals surface area contributed by atoms with Crippen LogP contribution < -0.4 is 15.8 Å². The molecule has 8 heteroatoms. The van der Waals surface area contributed by atoms with E-state index in [0.717, 1.165) is 0 Å². The predicted octanol–water partition coefficient (Wildman–Crippen LogP) is 1.18. The number of nitrogens with two attached hydrogens (primary N) is 1. The first kappa shape index (κ1) is 16.3. The highest BCUT2D eigenvalue weighted by Crippen LogP contribution is 2.22. The Balaban J connectivity index is 2.52. The summed E-state index contributed by atoms with van der Waals surface area (Å²) in [5, 5.41) is 2.56. The van der Waals surface area contributed by atoms with Gasteiger partial charge in [-0.05, 0) is 17.7 Å². The van der Waals surface area contributed by atoms with Gasteiger partial charge in [-0.2, -0.15) is 0 Å². The Bertz CT molecular complexity index is 431. The van der Waals surface area contributed by atoms with Crippen LogP contribution in [-0.2, 0) is 16.1 Å². The summed E-state index contributed by atoms with van der Waals surface area (Å²) in [5.41, 5.74) is 5.95. The Morgan fingerprint density at radius 1 is 1.35 bits per heavy atom. The lowest BCUT2D eigenvalue weighted by Crippen LogP contribution is -2.40. The molecular formula is C12H15F3N2O3. The summed E-state index contributed by atoms with van der Waals surface area (Å²) in [6.45, 7) is 0.200. The summed E-state index contributed by atoms with van der Waals surface area (Å²) in [5.74, 6) is -0.699. The number of rotatable bonds is 6. The maximum Gasteiger partial charge on any atom is 0.573 e. The summed E-state index contributed by atoms with van der Waals surface area (Å²) in [4.78, 5) is 11.5. The van der Waals surface area contributed by atoms with Gasteiger partial charge in [0.2, 0.25) is 0 Å². The van der Waals surface area contributed by atoms with Crippen molar-refractivity contribution < 1.29 is 27.4 Å². The molecule has 1 amide bonds. The molecule has 0 aliphatic rings. The second-order valence-corrected chi connectivity index (χ2v) is 3.87. The molecule has 0 aliphatic heterocycles. The minimum Gasteiger partial charge on any atom is -0.406 e. The highest BCUT2D eigenvalue weighted by molar-refractivity contribution is 5.80. The third-order valence-corrected chi connectivity index (χ3v) is 2.41. The van der Waals surface area contributed by atoms with Gasteiger partial charge >= 0.3 is 6.36 Å². The molecule has 0 fully saturated rings. The van der Waals surface area contributed by atoms with Crippen LogP contribution in [0.15, 0.2) is 24.3 Å². The standard InChI is InChI=1S/C12H15F3N2O3/c1-19-10(6-16)11(18)17-7-8-2-4-9(5-3-8)20-12(13,14)15/h2-5,10H,6-7,16H2,1H3,(H,17,18). The predicted molar refractivity (Wildman–Crippen MR) is 64.8 cm³/mol. The number of carbonyl (C=O) groups excluding carboxylic acids is 1. The van der Waals surface area contributed by atoms with Gasteiger partial charge in [-0.25, -0.2) is 0 Å². The van der Waals surface area contributed by atoms with Crippen LogP contribution in [-0.4, -0.2) is 32.0 Å². The molecule has 1 atom stereocenters. The normalized spacial score (nSPS) is 12.8. The Labute approximate surface area is 113 Å². The van der Waals surface area contributed by atoms with Gasteiger partial charge in [0, 0.05) is 20.2 Å². The van der Waals surface area contributed by atoms with E-state index in [-0.39, 0.29) is 24.7 Å². The maximum absolute atomic E-state index is 12.0. The van der Waals surface area contributed by atoms with Gasteiger partial charge in [0.15, 0.2) is 0 Å². The fourth-order valence-electron chi connectivity index (χ4n) is 1.42. The molecular weight excluding hydrogens is 277 g/mol. The second kappa shape index (κ2) is 7.11. The van der Waals surface area contributed by atoms with E-state index >= 15 is 0 Å². The summed E-state index contributed by atoms with van der Waals surface area (Å²) >= 11 is 0. The smallest absolute Gasteiger partial charge is 0.406 e. The van der Waals surface area contributed by atoms with Gasteiger partial charge in [-0.1, -0.05) is 12.1 Å². The Morgan fingerprint density at radius 2 is 1.95 bits per heavy atom. The number of hydrogen-bond acceptors (Lipinski definition) is 4. The number of ether oxygens (including phenoxy) is 2. The largest absolute Gasteiger partial charge is 0.573 e. The molecule has 3 N–H and O–H groups in total. The summed E-state index contributed by atoms with van der Waals surface area (Å²) in [6.07, 6.45) is -5.47. The second-order valence-electron chi connectivity index (χ2n) is 3.87. The van der Waals surface area contributed by atoms with Crippen LogP contribution in [0.5, 0.6) is 5.75 Å². The van der Waals surface area contributed by atoms with E-state index in [9.17, 15) is 18.0 Å². The van der Waals surface area contributed by atoms with Crippen LogP contribution in [0, 0.1) is 0 Å². The van der Waals surface area contributed by atoms with E-state index in [4.69, 9.17) is 10.5 Å². The monoisotopic (exact) mass is 292 g/mol. The lowest BCUT2D eigenvalue weighted by molar-refractivity contribution is -0.274. The van der Waals surface area contributed by atoms with Crippen molar-refractivity contribution in [2.24, 2.45) is 5.73 Å². The summed E-state index contributed by atoms with van der Waals surface area (Å²) in [7, 11) is 1.36. The van der Waals surface area contributed by atoms with E-state index in [2.05, 4.69) is 10.1 Å². The SMILES string of the molecule is COC(CN)C(=O)NCc1ccc(OC(F)(F)F)cc1. The zero-order valence-corrected chi connectivity index (χ0v) is 10.7. The lowest BCUT2D eigenvalue weighted by atomic mass is 10.2. The first-order valence-electron chi connectivity index (χ1n) is 5.71.